The predicted molar refractivity (Wildman–Crippen MR) is 373 cm³/mol. The van der Waals surface area contributed by atoms with Gasteiger partial charge in [-0.05, 0) is 135 Å². The summed E-state index contributed by atoms with van der Waals surface area (Å²) in [7, 11) is 0. The van der Waals surface area contributed by atoms with Gasteiger partial charge in [0.05, 0.1) is 10.8 Å². The smallest absolute Gasteiger partial charge is 0.164 e. The van der Waals surface area contributed by atoms with Crippen molar-refractivity contribution in [2.45, 2.75) is 22.7 Å². The first-order valence-electron chi connectivity index (χ1n) is 32.5. The number of nitrogens with zero attached hydrogens (tertiary/aromatic N) is 6. The van der Waals surface area contributed by atoms with E-state index < -0.39 is 10.8 Å². The molecule has 0 saturated carbocycles. The Morgan fingerprint density at radius 1 is 0.181 bits per heavy atom. The summed E-state index contributed by atoms with van der Waals surface area (Å²) in [6.07, 6.45) is 0. The van der Waals surface area contributed by atoms with Crippen LogP contribution in [0, 0.1) is 0 Å². The largest absolute Gasteiger partial charge is 0.208 e. The third-order valence-corrected chi connectivity index (χ3v) is 21.4. The summed E-state index contributed by atoms with van der Waals surface area (Å²) < 4.78 is 0. The van der Waals surface area contributed by atoms with Gasteiger partial charge in [-0.15, -0.1) is 0 Å². The molecular formula is C88H52N6. The third kappa shape index (κ3) is 6.77. The van der Waals surface area contributed by atoms with Crippen molar-refractivity contribution in [3.05, 3.63) is 381 Å². The summed E-state index contributed by atoms with van der Waals surface area (Å²) in [6, 6.07) is 111. The molecule has 7 aliphatic carbocycles. The Balaban J connectivity index is 0.722. The van der Waals surface area contributed by atoms with E-state index in [1.165, 1.54) is 122 Å². The Labute approximate surface area is 543 Å². The molecule has 0 saturated heterocycles. The topological polar surface area (TPSA) is 77.3 Å². The maximum Gasteiger partial charge on any atom is 0.164 e. The second-order valence-corrected chi connectivity index (χ2v) is 25.8. The second-order valence-electron chi connectivity index (χ2n) is 25.8. The standard InChI is InChI=1S/C88H52N6/c1-3-23-51(24-4-1)81-89-83(93-85(91-81)67-37-21-35-65-59-31-13-19-43-75(59)87(79(65)67)71-39-15-9-27-55(71)56-28-10-16-40-72(56)87)53-45-47-63-69(49-53)77-61-33-7-8-34-62(61)78(63)70-50-54(46-48-64(70)77)84-90-82(52-25-5-2-6-26-52)92-86(94-84)68-38-22-36-66-60-32-14-20-44-76(60)88(80(66)68)73-41-17-11-29-57(73)58-30-12-18-42-74(58)88/h1-50,77-78H. The number of aromatic nitrogens is 6. The van der Waals surface area contributed by atoms with E-state index in [0.29, 0.717) is 34.9 Å². The molecular weight excluding hydrogens is 1140 g/mol. The van der Waals surface area contributed by atoms with E-state index in [2.05, 4.69) is 291 Å². The highest BCUT2D eigenvalue weighted by molar-refractivity contribution is 6.00. The van der Waals surface area contributed by atoms with Crippen molar-refractivity contribution in [2.75, 3.05) is 0 Å². The van der Waals surface area contributed by atoms with Crippen LogP contribution in [0.25, 0.3) is 113 Å². The monoisotopic (exact) mass is 1190 g/mol. The summed E-state index contributed by atoms with van der Waals surface area (Å²) >= 11 is 0. The van der Waals surface area contributed by atoms with Crippen molar-refractivity contribution in [1.29, 1.82) is 0 Å². The fraction of sp³-hybridized carbons (Fsp3) is 0.0455. The zero-order chi connectivity index (χ0) is 61.4. The van der Waals surface area contributed by atoms with E-state index in [-0.39, 0.29) is 11.8 Å². The van der Waals surface area contributed by atoms with Gasteiger partial charge in [0.2, 0.25) is 0 Å². The Morgan fingerprint density at radius 3 is 0.787 bits per heavy atom. The normalized spacial score (nSPS) is 15.6. The van der Waals surface area contributed by atoms with Crippen LogP contribution in [-0.4, -0.2) is 29.9 Å². The molecule has 2 aromatic heterocycles. The van der Waals surface area contributed by atoms with Crippen LogP contribution in [0.3, 0.4) is 0 Å². The van der Waals surface area contributed by atoms with Crippen LogP contribution in [0.5, 0.6) is 0 Å². The van der Waals surface area contributed by atoms with Gasteiger partial charge in [-0.25, -0.2) is 29.9 Å². The lowest BCUT2D eigenvalue weighted by molar-refractivity contribution is 0.754. The van der Waals surface area contributed by atoms with Crippen molar-refractivity contribution in [3.63, 3.8) is 0 Å². The van der Waals surface area contributed by atoms with Gasteiger partial charge >= 0.3 is 0 Å². The predicted octanol–water partition coefficient (Wildman–Crippen LogP) is 19.7. The molecule has 0 radical (unpaired) electrons. The van der Waals surface area contributed by atoms with Gasteiger partial charge in [-0.2, -0.15) is 0 Å². The van der Waals surface area contributed by atoms with Gasteiger partial charge in [0, 0.05) is 45.2 Å². The quantitative estimate of drug-likeness (QED) is 0.165. The minimum absolute atomic E-state index is 0.0518. The first kappa shape index (κ1) is 51.6. The Hall–Kier alpha value is -12.1. The van der Waals surface area contributed by atoms with E-state index in [1.807, 2.05) is 12.1 Å². The lowest BCUT2D eigenvalue weighted by Crippen LogP contribution is -2.27. The Kier molecular flexibility index (Phi) is 10.5. The molecule has 0 fully saturated rings. The molecule has 0 N–H and O–H groups in total. The van der Waals surface area contributed by atoms with Gasteiger partial charge < -0.3 is 0 Å². The van der Waals surface area contributed by atoms with Crippen LogP contribution in [0.4, 0.5) is 0 Å². The van der Waals surface area contributed by atoms with Crippen LogP contribution in [0.15, 0.2) is 303 Å². The zero-order valence-corrected chi connectivity index (χ0v) is 50.7. The van der Waals surface area contributed by atoms with E-state index >= 15 is 0 Å². The number of rotatable bonds is 6. The Bertz CT molecular complexity index is 5310. The van der Waals surface area contributed by atoms with Crippen LogP contribution < -0.4 is 0 Å². The molecule has 94 heavy (non-hydrogen) atoms. The Morgan fingerprint density at radius 2 is 0.436 bits per heavy atom. The van der Waals surface area contributed by atoms with Crippen LogP contribution >= 0.6 is 0 Å². The second kappa shape index (κ2) is 19.2. The van der Waals surface area contributed by atoms with E-state index in [1.54, 1.807) is 0 Å². The van der Waals surface area contributed by atoms with Crippen molar-refractivity contribution in [3.8, 4) is 113 Å². The molecule has 2 unspecified atom stereocenters. The first-order valence-corrected chi connectivity index (χ1v) is 32.5. The van der Waals surface area contributed by atoms with Crippen molar-refractivity contribution in [2.24, 2.45) is 0 Å². The van der Waals surface area contributed by atoms with E-state index in [0.717, 1.165) is 33.4 Å². The number of fused-ring (bicyclic) bond motifs is 20. The van der Waals surface area contributed by atoms with Gasteiger partial charge in [0.25, 0.3) is 0 Å². The maximum absolute atomic E-state index is 5.64. The van der Waals surface area contributed by atoms with Crippen LogP contribution in [0.2, 0.25) is 0 Å². The molecule has 2 bridgehead atoms. The lowest BCUT2D eigenvalue weighted by atomic mass is 9.61. The summed E-state index contributed by atoms with van der Waals surface area (Å²) in [6.45, 7) is 0. The minimum atomic E-state index is -0.591. The molecule has 7 aliphatic rings. The van der Waals surface area contributed by atoms with Crippen LogP contribution in [0.1, 0.15) is 89.7 Å². The third-order valence-electron chi connectivity index (χ3n) is 21.4. The summed E-state index contributed by atoms with van der Waals surface area (Å²) in [4.78, 5) is 33.1. The fourth-order valence-corrected chi connectivity index (χ4v) is 17.9. The fourth-order valence-electron chi connectivity index (χ4n) is 17.9. The van der Waals surface area contributed by atoms with Crippen molar-refractivity contribution in [1.82, 2.24) is 29.9 Å². The minimum Gasteiger partial charge on any atom is -0.208 e. The molecule has 6 nitrogen and oxygen atoms in total. The number of hydrogen-bond acceptors (Lipinski definition) is 6. The molecule has 6 heteroatoms. The molecule has 15 aromatic rings. The number of benzene rings is 13. The molecule has 2 spiro atoms. The summed E-state index contributed by atoms with van der Waals surface area (Å²) in [5, 5.41) is 0. The van der Waals surface area contributed by atoms with Crippen molar-refractivity contribution >= 4 is 0 Å². The van der Waals surface area contributed by atoms with Crippen LogP contribution in [-0.2, 0) is 10.8 Å². The summed E-state index contributed by atoms with van der Waals surface area (Å²) in [5.74, 6) is 3.70. The maximum atomic E-state index is 5.64. The molecule has 0 amide bonds. The highest BCUT2D eigenvalue weighted by Crippen LogP contribution is 2.67. The van der Waals surface area contributed by atoms with Gasteiger partial charge in [0.15, 0.2) is 34.9 Å². The summed E-state index contributed by atoms with van der Waals surface area (Å²) in [5.41, 5.74) is 32.2. The highest BCUT2D eigenvalue weighted by atomic mass is 15.0. The van der Waals surface area contributed by atoms with E-state index in [9.17, 15) is 0 Å². The average Bonchev–Trinajstić information content (AvgIpc) is 1.51. The molecule has 22 rings (SSSR count). The molecule has 2 heterocycles. The van der Waals surface area contributed by atoms with Crippen molar-refractivity contribution < 1.29 is 0 Å². The van der Waals surface area contributed by atoms with Gasteiger partial charge in [0.1, 0.15) is 0 Å². The number of hydrogen-bond donors (Lipinski definition) is 0. The highest BCUT2D eigenvalue weighted by Gasteiger charge is 2.55. The molecule has 434 valence electrons. The zero-order valence-electron chi connectivity index (χ0n) is 50.7. The van der Waals surface area contributed by atoms with Gasteiger partial charge in [-0.3, -0.25) is 0 Å². The lowest BCUT2D eigenvalue weighted by Gasteiger charge is -2.42. The molecule has 0 aliphatic heterocycles. The molecule has 2 atom stereocenters. The molecule has 13 aromatic carbocycles. The average molecular weight is 1190 g/mol. The SMILES string of the molecule is c1ccc(-c2nc(-c3ccc4c(c3)C3c5ccccc5C4c4cc(-c5nc(-c6ccccc6)nc(-c6cccc7c6C6(c8ccccc8-c8ccccc86)c6ccccc6-7)n5)ccc43)nc(-c3cccc4c3C3(c5ccccc5-c5ccccc53)c3ccccc3-4)n2)cc1. The first-order chi connectivity index (χ1) is 46.6. The van der Waals surface area contributed by atoms with Gasteiger partial charge in [-0.1, -0.05) is 291 Å². The van der Waals surface area contributed by atoms with E-state index in [4.69, 9.17) is 29.9 Å².